The van der Waals surface area contributed by atoms with Gasteiger partial charge in [0.05, 0.1) is 12.8 Å². The number of rotatable bonds is 5. The quantitative estimate of drug-likeness (QED) is 0.688. The van der Waals surface area contributed by atoms with Crippen LogP contribution in [-0.4, -0.2) is 92.6 Å². The highest BCUT2D eigenvalue weighted by Crippen LogP contribution is 2.23. The molecule has 3 rings (SSSR count). The fourth-order valence-corrected chi connectivity index (χ4v) is 3.74. The fourth-order valence-electron chi connectivity index (χ4n) is 3.40. The van der Waals surface area contributed by atoms with Crippen LogP contribution in [0.1, 0.15) is 18.7 Å². The molecule has 0 bridgehead atoms. The minimum atomic E-state index is -3.35. The first-order valence-electron chi connectivity index (χ1n) is 9.29. The van der Waals surface area contributed by atoms with E-state index in [1.807, 2.05) is 13.0 Å². The van der Waals surface area contributed by atoms with Gasteiger partial charge in [0.15, 0.2) is 0 Å². The molecule has 1 aromatic heterocycles. The van der Waals surface area contributed by atoms with Gasteiger partial charge in [0, 0.05) is 52.4 Å². The van der Waals surface area contributed by atoms with Crippen molar-refractivity contribution in [1.82, 2.24) is 19.2 Å². The van der Waals surface area contributed by atoms with Crippen molar-refractivity contribution in [3.05, 3.63) is 11.9 Å². The number of hydrogen-bond donors (Lipinski definition) is 0. The van der Waals surface area contributed by atoms with Gasteiger partial charge in [-0.05, 0) is 19.8 Å². The molecule has 0 unspecified atom stereocenters. The first-order chi connectivity index (χ1) is 12.7. The summed E-state index contributed by atoms with van der Waals surface area (Å²) >= 11 is 0. The number of piperazine rings is 1. The van der Waals surface area contributed by atoms with Gasteiger partial charge in [0.25, 0.3) is 0 Å². The van der Waals surface area contributed by atoms with Crippen molar-refractivity contribution < 1.29 is 13.2 Å². The second kappa shape index (κ2) is 7.97. The summed E-state index contributed by atoms with van der Waals surface area (Å²) in [6, 6.07) is 2.03. The lowest BCUT2D eigenvalue weighted by Crippen LogP contribution is -2.51. The number of anilines is 2. The van der Waals surface area contributed by atoms with E-state index in [1.54, 1.807) is 4.90 Å². The molecular formula is C17H28N6O3S. The van der Waals surface area contributed by atoms with Crippen molar-refractivity contribution >= 4 is 27.6 Å². The average Bonchev–Trinajstić information content (AvgIpc) is 3.15. The lowest BCUT2D eigenvalue weighted by atomic mass is 10.3. The van der Waals surface area contributed by atoms with E-state index < -0.39 is 10.0 Å². The highest BCUT2D eigenvalue weighted by molar-refractivity contribution is 7.88. The maximum Gasteiger partial charge on any atom is 0.238 e. The summed E-state index contributed by atoms with van der Waals surface area (Å²) < 4.78 is 24.1. The van der Waals surface area contributed by atoms with Gasteiger partial charge in [-0.2, -0.15) is 4.31 Å². The van der Waals surface area contributed by atoms with Crippen LogP contribution in [0.15, 0.2) is 6.07 Å². The van der Waals surface area contributed by atoms with Gasteiger partial charge in [-0.25, -0.2) is 18.4 Å². The highest BCUT2D eigenvalue weighted by Gasteiger charge is 2.25. The molecule has 0 N–H and O–H groups in total. The number of carbonyl (C=O) groups is 1. The summed E-state index contributed by atoms with van der Waals surface area (Å²) in [5.41, 5.74) is 0. The Morgan fingerprint density at radius 2 is 1.56 bits per heavy atom. The second-order valence-corrected chi connectivity index (χ2v) is 9.30. The summed E-state index contributed by atoms with van der Waals surface area (Å²) in [5, 5.41) is 0. The smallest absolute Gasteiger partial charge is 0.238 e. The molecule has 10 heteroatoms. The Labute approximate surface area is 161 Å². The molecule has 1 aromatic rings. The Kier molecular flexibility index (Phi) is 5.85. The Morgan fingerprint density at radius 3 is 2.07 bits per heavy atom. The first-order valence-corrected chi connectivity index (χ1v) is 11.1. The third-order valence-electron chi connectivity index (χ3n) is 5.12. The summed E-state index contributed by atoms with van der Waals surface area (Å²) in [6.45, 7) is 6.30. The summed E-state index contributed by atoms with van der Waals surface area (Å²) in [6.07, 6.45) is 3.50. The van der Waals surface area contributed by atoms with Gasteiger partial charge in [-0.3, -0.25) is 4.79 Å². The van der Waals surface area contributed by atoms with Crippen molar-refractivity contribution in [1.29, 1.82) is 0 Å². The number of nitrogens with zero attached hydrogens (tertiary/aromatic N) is 6. The van der Waals surface area contributed by atoms with Gasteiger partial charge in [0.1, 0.15) is 17.5 Å². The molecule has 0 aliphatic carbocycles. The van der Waals surface area contributed by atoms with Crippen LogP contribution in [0.2, 0.25) is 0 Å². The predicted octanol–water partition coefficient (Wildman–Crippen LogP) is -0.0748. The fraction of sp³-hybridized carbons (Fsp3) is 0.706. The van der Waals surface area contributed by atoms with Crippen LogP contribution in [0, 0.1) is 6.92 Å². The Balaban J connectivity index is 1.61. The molecule has 150 valence electrons. The lowest BCUT2D eigenvalue weighted by Gasteiger charge is -2.36. The molecule has 2 aliphatic heterocycles. The summed E-state index contributed by atoms with van der Waals surface area (Å²) in [5.74, 6) is 2.45. The van der Waals surface area contributed by atoms with Gasteiger partial charge in [-0.1, -0.05) is 0 Å². The van der Waals surface area contributed by atoms with E-state index >= 15 is 0 Å². The molecule has 3 heterocycles. The van der Waals surface area contributed by atoms with Crippen LogP contribution in [0.3, 0.4) is 0 Å². The van der Waals surface area contributed by atoms with E-state index in [4.69, 9.17) is 0 Å². The molecule has 0 atom stereocenters. The van der Waals surface area contributed by atoms with Crippen molar-refractivity contribution in [3.8, 4) is 0 Å². The Morgan fingerprint density at radius 1 is 1.04 bits per heavy atom. The molecule has 1 amide bonds. The van der Waals surface area contributed by atoms with Crippen molar-refractivity contribution in [2.45, 2.75) is 19.8 Å². The number of amides is 1. The van der Waals surface area contributed by atoms with Crippen LogP contribution in [0.5, 0.6) is 0 Å². The number of carbonyl (C=O) groups excluding carboxylic acids is 1. The van der Waals surface area contributed by atoms with Gasteiger partial charge in [-0.15, -0.1) is 0 Å². The zero-order valence-corrected chi connectivity index (χ0v) is 17.1. The first kappa shape index (κ1) is 19.8. The topological polar surface area (TPSA) is 90.0 Å². The third-order valence-corrected chi connectivity index (χ3v) is 6.38. The van der Waals surface area contributed by atoms with Gasteiger partial charge >= 0.3 is 0 Å². The average molecular weight is 397 g/mol. The van der Waals surface area contributed by atoms with Crippen LogP contribution in [-0.2, 0) is 14.8 Å². The molecule has 2 saturated heterocycles. The summed E-state index contributed by atoms with van der Waals surface area (Å²) in [4.78, 5) is 27.7. The minimum Gasteiger partial charge on any atom is -0.356 e. The third kappa shape index (κ3) is 4.86. The van der Waals surface area contributed by atoms with E-state index in [9.17, 15) is 13.2 Å². The minimum absolute atomic E-state index is 0.120. The Hall–Kier alpha value is -1.94. The molecule has 2 aliphatic rings. The number of aryl methyl sites for hydroxylation is 1. The van der Waals surface area contributed by atoms with Gasteiger partial charge in [0.2, 0.25) is 15.9 Å². The maximum absolute atomic E-state index is 12.3. The standard InChI is InChI=1S/C17H28N6O3S/c1-14-18-15(21-6-4-5-7-21)12-16(19-14)22-8-10-23(11-9-22)17(24)13-20(2)27(3,25)26/h12H,4-11,13H2,1-3H3. The molecule has 0 spiro atoms. The zero-order valence-electron chi connectivity index (χ0n) is 16.3. The molecule has 0 radical (unpaired) electrons. The monoisotopic (exact) mass is 396 g/mol. The van der Waals surface area contributed by atoms with E-state index in [0.717, 1.165) is 41.1 Å². The highest BCUT2D eigenvalue weighted by atomic mass is 32.2. The van der Waals surface area contributed by atoms with E-state index in [1.165, 1.54) is 19.9 Å². The summed E-state index contributed by atoms with van der Waals surface area (Å²) in [7, 11) is -1.93. The molecule has 2 fully saturated rings. The van der Waals surface area contributed by atoms with Crippen LogP contribution in [0.25, 0.3) is 0 Å². The van der Waals surface area contributed by atoms with Crippen LogP contribution in [0.4, 0.5) is 11.6 Å². The molecule has 27 heavy (non-hydrogen) atoms. The SMILES string of the molecule is Cc1nc(N2CCCC2)cc(N2CCN(C(=O)CN(C)S(C)(=O)=O)CC2)n1. The zero-order chi connectivity index (χ0) is 19.6. The van der Waals surface area contributed by atoms with E-state index in [0.29, 0.717) is 26.2 Å². The van der Waals surface area contributed by atoms with Crippen LogP contribution < -0.4 is 9.80 Å². The molecule has 9 nitrogen and oxygen atoms in total. The van der Waals surface area contributed by atoms with E-state index in [-0.39, 0.29) is 12.5 Å². The Bertz CT molecular complexity index is 786. The normalized spacial score (nSPS) is 18.4. The van der Waals surface area contributed by atoms with Crippen molar-refractivity contribution in [3.63, 3.8) is 0 Å². The lowest BCUT2D eigenvalue weighted by molar-refractivity contribution is -0.131. The molecular weight excluding hydrogens is 368 g/mol. The molecule has 0 saturated carbocycles. The number of sulfonamides is 1. The maximum atomic E-state index is 12.3. The predicted molar refractivity (Wildman–Crippen MR) is 104 cm³/mol. The second-order valence-electron chi connectivity index (χ2n) is 7.21. The number of hydrogen-bond acceptors (Lipinski definition) is 7. The number of aromatic nitrogens is 2. The van der Waals surface area contributed by atoms with Crippen LogP contribution >= 0.6 is 0 Å². The molecule has 0 aromatic carbocycles. The largest absolute Gasteiger partial charge is 0.356 e. The van der Waals surface area contributed by atoms with Crippen molar-refractivity contribution in [2.24, 2.45) is 0 Å². The van der Waals surface area contributed by atoms with Gasteiger partial charge < -0.3 is 14.7 Å². The number of likely N-dealkylation sites (N-methyl/N-ethyl adjacent to an activating group) is 1. The van der Waals surface area contributed by atoms with E-state index in [2.05, 4.69) is 19.8 Å². The van der Waals surface area contributed by atoms with Crippen molar-refractivity contribution in [2.75, 3.05) is 68.9 Å².